The number of halogens is 1. The number of hydrogen-bond acceptors (Lipinski definition) is 3. The highest BCUT2D eigenvalue weighted by Gasteiger charge is 2.31. The van der Waals surface area contributed by atoms with E-state index in [2.05, 4.69) is 64.3 Å². The summed E-state index contributed by atoms with van der Waals surface area (Å²) in [5.74, 6) is 0. The molecule has 3 atom stereocenters. The molecule has 5 heteroatoms. The minimum absolute atomic E-state index is 0. The quantitative estimate of drug-likeness (QED) is 0.0323. The van der Waals surface area contributed by atoms with Crippen molar-refractivity contribution in [3.63, 3.8) is 0 Å². The van der Waals surface area contributed by atoms with Crippen LogP contribution < -0.4 is 12.4 Å². The van der Waals surface area contributed by atoms with Crippen LogP contribution in [0.4, 0.5) is 0 Å². The minimum Gasteiger partial charge on any atom is -1.00 e. The Hall–Kier alpha value is -0.650. The molecule has 0 saturated heterocycles. The Labute approximate surface area is 421 Å². The minimum atomic E-state index is -0.382. The Morgan fingerprint density at radius 2 is 0.439 bits per heavy atom. The molecular weight excluding hydrogens is 830 g/mol. The predicted octanol–water partition coefficient (Wildman–Crippen LogP) is 15.8. The van der Waals surface area contributed by atoms with Crippen molar-refractivity contribution >= 4 is 0 Å². The zero-order chi connectivity index (χ0) is 47.4. The zero-order valence-corrected chi connectivity index (χ0v) is 46.1. The summed E-state index contributed by atoms with van der Waals surface area (Å²) >= 11 is 0. The molecule has 0 aromatic rings. The summed E-state index contributed by atoms with van der Waals surface area (Å²) < 4.78 is 0.564. The van der Waals surface area contributed by atoms with E-state index in [0.717, 1.165) is 38.5 Å². The van der Waals surface area contributed by atoms with Crippen molar-refractivity contribution in [1.82, 2.24) is 0 Å². The molecule has 394 valence electrons. The lowest BCUT2D eigenvalue weighted by molar-refractivity contribution is -0.918. The number of likely N-dealkylation sites (N-methyl/N-ethyl adjacent to an activating group) is 1. The first-order valence-corrected chi connectivity index (χ1v) is 29.7. The molecule has 0 saturated carbocycles. The van der Waals surface area contributed by atoms with Gasteiger partial charge >= 0.3 is 0 Å². The van der Waals surface area contributed by atoms with E-state index >= 15 is 0 Å². The third-order valence-electron chi connectivity index (χ3n) is 14.1. The van der Waals surface area contributed by atoms with Crippen LogP contribution in [0.3, 0.4) is 0 Å². The van der Waals surface area contributed by atoms with Crippen LogP contribution in [-0.4, -0.2) is 64.8 Å². The maximum Gasteiger partial charge on any atom is 0.105 e. The molecule has 0 rings (SSSR count). The van der Waals surface area contributed by atoms with Crippen LogP contribution in [0.15, 0.2) is 36.5 Å². The van der Waals surface area contributed by atoms with Crippen LogP contribution in [0.1, 0.15) is 310 Å². The molecule has 0 fully saturated rings. The van der Waals surface area contributed by atoms with Gasteiger partial charge in [-0.05, 0) is 96.3 Å². The normalized spacial score (nSPS) is 14.4. The molecule has 0 aromatic carbocycles. The van der Waals surface area contributed by atoms with Gasteiger partial charge in [0.1, 0.15) is 37.9 Å². The zero-order valence-electron chi connectivity index (χ0n) is 45.3. The first-order valence-electron chi connectivity index (χ1n) is 29.7. The van der Waals surface area contributed by atoms with Crippen LogP contribution in [0.25, 0.3) is 0 Å². The maximum absolute atomic E-state index is 11.3. The summed E-state index contributed by atoms with van der Waals surface area (Å²) in [5.41, 5.74) is 0. The van der Waals surface area contributed by atoms with Crippen LogP contribution in [0.5, 0.6) is 0 Å². The van der Waals surface area contributed by atoms with Gasteiger partial charge in [-0.1, -0.05) is 250 Å². The van der Waals surface area contributed by atoms with E-state index in [1.54, 1.807) is 0 Å². The highest BCUT2D eigenvalue weighted by molar-refractivity contribution is 4.83. The molecule has 0 aliphatic carbocycles. The number of quaternary nitrogens is 1. The topological polar surface area (TPSA) is 60.7 Å². The summed E-state index contributed by atoms with van der Waals surface area (Å²) in [6.45, 7) is 8.73. The van der Waals surface area contributed by atoms with Crippen molar-refractivity contribution in [3.05, 3.63) is 36.5 Å². The Morgan fingerprint density at radius 1 is 0.273 bits per heavy atom. The molecule has 0 aromatic heterocycles. The molecule has 0 amide bonds. The number of aliphatic hydroxyl groups is 3. The number of nitrogens with zero attached hydrogens (tertiary/aromatic N) is 1. The molecule has 3 N–H and O–H groups in total. The van der Waals surface area contributed by atoms with E-state index in [-0.39, 0.29) is 30.7 Å². The van der Waals surface area contributed by atoms with Crippen LogP contribution in [-0.2, 0) is 0 Å². The van der Waals surface area contributed by atoms with E-state index in [9.17, 15) is 15.3 Å². The fourth-order valence-electron chi connectivity index (χ4n) is 9.91. The molecule has 4 nitrogen and oxygen atoms in total. The van der Waals surface area contributed by atoms with E-state index in [0.29, 0.717) is 24.1 Å². The average Bonchev–Trinajstić information content (AvgIpc) is 3.28. The Kier molecular flexibility index (Phi) is 56.5. The Balaban J connectivity index is 0. The summed E-state index contributed by atoms with van der Waals surface area (Å²) in [5, 5.41) is 33.8. The Bertz CT molecular complexity index is 877. The molecule has 0 heterocycles. The van der Waals surface area contributed by atoms with Gasteiger partial charge in [0.05, 0.1) is 7.05 Å². The molecule has 0 radical (unpaired) electrons. The second-order valence-electron chi connectivity index (χ2n) is 21.3. The summed E-state index contributed by atoms with van der Waals surface area (Å²) in [7, 11) is 2.18. The Morgan fingerprint density at radius 3 is 0.636 bits per heavy atom. The average molecular weight is 951 g/mol. The van der Waals surface area contributed by atoms with Gasteiger partial charge in [0, 0.05) is 0 Å². The van der Waals surface area contributed by atoms with Gasteiger partial charge in [0.25, 0.3) is 0 Å². The van der Waals surface area contributed by atoms with Gasteiger partial charge in [-0.25, -0.2) is 0 Å². The maximum atomic E-state index is 11.3. The standard InChI is InChI=1S/C61H120NO3.ClH/c1-5-8-11-14-17-20-23-26-29-32-35-38-41-44-47-50-53-59(63)56-62(4,57-60(64)54-51-48-45-42-39-36-33-30-27-24-21-18-15-12-9-6-2)58-61(65)55-52-49-46-43-40-37-34-31-28-25-22-19-16-13-10-7-3;/h26-31,59-61,63-65H,5-25,32-58H2,1-4H3;1H/q+1;/p-1/b29-26-,30-27-,31-28-;. The van der Waals surface area contributed by atoms with Crippen LogP contribution in [0.2, 0.25) is 0 Å². The van der Waals surface area contributed by atoms with Gasteiger partial charge in [-0.15, -0.1) is 0 Å². The largest absolute Gasteiger partial charge is 1.00 e. The van der Waals surface area contributed by atoms with Crippen molar-refractivity contribution in [2.45, 2.75) is 328 Å². The number of unbranched alkanes of at least 4 members (excludes halogenated alkanes) is 36. The van der Waals surface area contributed by atoms with Crippen molar-refractivity contribution in [2.75, 3.05) is 26.7 Å². The van der Waals surface area contributed by atoms with Crippen molar-refractivity contribution in [1.29, 1.82) is 0 Å². The summed E-state index contributed by atoms with van der Waals surface area (Å²) in [6, 6.07) is 0. The number of aliphatic hydroxyl groups excluding tert-OH is 3. The molecule has 0 bridgehead atoms. The molecule has 0 aliphatic rings. The van der Waals surface area contributed by atoms with Gasteiger partial charge < -0.3 is 32.2 Å². The van der Waals surface area contributed by atoms with E-state index in [1.807, 2.05) is 0 Å². The van der Waals surface area contributed by atoms with Crippen molar-refractivity contribution in [2.24, 2.45) is 0 Å². The van der Waals surface area contributed by atoms with Crippen molar-refractivity contribution < 1.29 is 32.2 Å². The van der Waals surface area contributed by atoms with Gasteiger partial charge in [-0.3, -0.25) is 0 Å². The first-order chi connectivity index (χ1) is 31.9. The van der Waals surface area contributed by atoms with Gasteiger partial charge in [-0.2, -0.15) is 0 Å². The third kappa shape index (κ3) is 52.7. The lowest BCUT2D eigenvalue weighted by Crippen LogP contribution is -3.00. The second kappa shape index (κ2) is 55.3. The third-order valence-corrected chi connectivity index (χ3v) is 14.1. The number of hydrogen-bond donors (Lipinski definition) is 3. The van der Waals surface area contributed by atoms with Crippen molar-refractivity contribution in [3.8, 4) is 0 Å². The smallest absolute Gasteiger partial charge is 0.105 e. The van der Waals surface area contributed by atoms with E-state index in [4.69, 9.17) is 0 Å². The predicted molar refractivity (Wildman–Crippen MR) is 291 cm³/mol. The summed E-state index contributed by atoms with van der Waals surface area (Å²) in [6.07, 6.45) is 70.2. The molecular formula is C61H120ClNO3. The fourth-order valence-corrected chi connectivity index (χ4v) is 9.91. The highest BCUT2D eigenvalue weighted by atomic mass is 35.5. The monoisotopic (exact) mass is 950 g/mol. The van der Waals surface area contributed by atoms with Gasteiger partial charge in [0.15, 0.2) is 0 Å². The van der Waals surface area contributed by atoms with E-state index in [1.165, 1.54) is 250 Å². The molecule has 66 heavy (non-hydrogen) atoms. The van der Waals surface area contributed by atoms with Crippen LogP contribution >= 0.6 is 0 Å². The second-order valence-corrected chi connectivity index (χ2v) is 21.3. The lowest BCUT2D eigenvalue weighted by Gasteiger charge is -2.39. The fraction of sp³-hybridized carbons (Fsp3) is 0.902. The first kappa shape index (κ1) is 67.4. The lowest BCUT2D eigenvalue weighted by atomic mass is 10.0. The highest BCUT2D eigenvalue weighted by Crippen LogP contribution is 2.20. The molecule has 0 spiro atoms. The van der Waals surface area contributed by atoms with Crippen LogP contribution in [0, 0.1) is 0 Å². The number of allylic oxidation sites excluding steroid dienone is 6. The SMILES string of the molecule is CCCCCCCC/C=C\CCCCCCCCC(O)C[N+](C)(CC(O)CCCCCCCC/C=C\CCCCCCCC)CC(O)CCCCCCCC/C=C\CCCCCCCC.[Cl-]. The molecule has 3 unspecified atom stereocenters. The van der Waals surface area contributed by atoms with Gasteiger partial charge in [0.2, 0.25) is 0 Å². The number of rotatable bonds is 54. The van der Waals surface area contributed by atoms with E-state index < -0.39 is 0 Å². The summed E-state index contributed by atoms with van der Waals surface area (Å²) in [4.78, 5) is 0. The molecule has 0 aliphatic heterocycles.